The monoisotopic (exact) mass is 306 g/mol. The largest absolute Gasteiger partial charge is 0.478 e. The fourth-order valence-electron chi connectivity index (χ4n) is 1.65. The summed E-state index contributed by atoms with van der Waals surface area (Å²) < 4.78 is 13.7. The van der Waals surface area contributed by atoms with Crippen molar-refractivity contribution in [2.24, 2.45) is 5.73 Å². The standard InChI is InChI=1S/C14H11FN2O3S/c15-11-4-3-8(12(16)18)6-9(11)7-21-13-10(14(19)20)2-1-5-17-13/h1-6H,7H2,(H2,16,18)(H,19,20). The molecule has 7 heteroatoms. The van der Waals surface area contributed by atoms with Gasteiger partial charge < -0.3 is 10.8 Å². The lowest BCUT2D eigenvalue weighted by Gasteiger charge is -2.06. The van der Waals surface area contributed by atoms with Gasteiger partial charge in [0.2, 0.25) is 5.91 Å². The molecule has 0 bridgehead atoms. The second-order valence-corrected chi connectivity index (χ2v) is 5.08. The lowest BCUT2D eigenvalue weighted by Crippen LogP contribution is -2.11. The first-order chi connectivity index (χ1) is 9.99. The Bertz CT molecular complexity index is 706. The minimum absolute atomic E-state index is 0.0500. The highest BCUT2D eigenvalue weighted by atomic mass is 32.2. The number of primary amides is 1. The first-order valence-electron chi connectivity index (χ1n) is 5.88. The number of carboxylic acids is 1. The molecule has 0 spiro atoms. The Labute approximate surface area is 124 Å². The van der Waals surface area contributed by atoms with Crippen molar-refractivity contribution in [3.8, 4) is 0 Å². The van der Waals surface area contributed by atoms with E-state index in [-0.39, 0.29) is 27.5 Å². The number of thioether (sulfide) groups is 1. The van der Waals surface area contributed by atoms with Crippen molar-refractivity contribution >= 4 is 23.6 Å². The van der Waals surface area contributed by atoms with Crippen LogP contribution in [-0.2, 0) is 5.75 Å². The van der Waals surface area contributed by atoms with Crippen LogP contribution < -0.4 is 5.73 Å². The number of amides is 1. The molecule has 3 N–H and O–H groups in total. The van der Waals surface area contributed by atoms with Crippen molar-refractivity contribution in [3.63, 3.8) is 0 Å². The Balaban J connectivity index is 2.22. The van der Waals surface area contributed by atoms with Crippen LogP contribution in [-0.4, -0.2) is 22.0 Å². The molecule has 21 heavy (non-hydrogen) atoms. The molecular formula is C14H11FN2O3S. The molecule has 0 aliphatic rings. The van der Waals surface area contributed by atoms with Gasteiger partial charge in [-0.05, 0) is 35.9 Å². The summed E-state index contributed by atoms with van der Waals surface area (Å²) in [5.74, 6) is -2.09. The summed E-state index contributed by atoms with van der Waals surface area (Å²) in [6.07, 6.45) is 1.46. The third kappa shape index (κ3) is 3.57. The average molecular weight is 306 g/mol. The molecule has 0 aliphatic carbocycles. The van der Waals surface area contributed by atoms with E-state index < -0.39 is 17.7 Å². The minimum Gasteiger partial charge on any atom is -0.478 e. The second kappa shape index (κ2) is 6.36. The van der Waals surface area contributed by atoms with Gasteiger partial charge in [0.05, 0.1) is 5.56 Å². The summed E-state index contributed by atoms with van der Waals surface area (Å²) in [5, 5.41) is 9.33. The first kappa shape index (κ1) is 15.0. The number of aromatic nitrogens is 1. The summed E-state index contributed by atoms with van der Waals surface area (Å²) in [7, 11) is 0. The van der Waals surface area contributed by atoms with E-state index in [4.69, 9.17) is 10.8 Å². The van der Waals surface area contributed by atoms with Crippen LogP contribution in [0.2, 0.25) is 0 Å². The van der Waals surface area contributed by atoms with Crippen LogP contribution >= 0.6 is 11.8 Å². The van der Waals surface area contributed by atoms with Gasteiger partial charge >= 0.3 is 5.97 Å². The fourth-order valence-corrected chi connectivity index (χ4v) is 2.61. The number of halogens is 1. The fraction of sp³-hybridized carbons (Fsp3) is 0.0714. The van der Waals surface area contributed by atoms with Crippen molar-refractivity contribution in [2.75, 3.05) is 0 Å². The van der Waals surface area contributed by atoms with Gasteiger partial charge in [-0.1, -0.05) is 0 Å². The number of carboxylic acid groups (broad SMARTS) is 1. The predicted octanol–water partition coefficient (Wildman–Crippen LogP) is 2.31. The Kier molecular flexibility index (Phi) is 4.54. The summed E-state index contributed by atoms with van der Waals surface area (Å²) in [5.41, 5.74) is 5.66. The third-order valence-electron chi connectivity index (χ3n) is 2.70. The summed E-state index contributed by atoms with van der Waals surface area (Å²) in [6, 6.07) is 6.76. The van der Waals surface area contributed by atoms with Gasteiger partial charge in [0.1, 0.15) is 10.8 Å². The van der Waals surface area contributed by atoms with Gasteiger partial charge in [-0.25, -0.2) is 14.2 Å². The molecule has 1 heterocycles. The van der Waals surface area contributed by atoms with Crippen molar-refractivity contribution in [3.05, 3.63) is 59.0 Å². The number of benzene rings is 1. The van der Waals surface area contributed by atoms with Gasteiger partial charge in [-0.15, -0.1) is 11.8 Å². The number of carbonyl (C=O) groups is 2. The van der Waals surface area contributed by atoms with E-state index in [1.165, 1.54) is 30.5 Å². The van der Waals surface area contributed by atoms with E-state index in [0.29, 0.717) is 0 Å². The number of hydrogen-bond donors (Lipinski definition) is 2. The quantitative estimate of drug-likeness (QED) is 0.827. The number of pyridine rings is 1. The molecule has 0 fully saturated rings. The van der Waals surface area contributed by atoms with Crippen LogP contribution in [0.4, 0.5) is 4.39 Å². The molecule has 0 saturated carbocycles. The topological polar surface area (TPSA) is 93.3 Å². The number of hydrogen-bond acceptors (Lipinski definition) is 4. The second-order valence-electron chi connectivity index (χ2n) is 4.12. The van der Waals surface area contributed by atoms with Gasteiger partial charge in [-0.3, -0.25) is 4.79 Å². The molecule has 1 aromatic heterocycles. The van der Waals surface area contributed by atoms with Crippen molar-refractivity contribution in [2.45, 2.75) is 10.8 Å². The van der Waals surface area contributed by atoms with Crippen molar-refractivity contribution in [1.29, 1.82) is 0 Å². The molecule has 1 amide bonds. The van der Waals surface area contributed by atoms with Gasteiger partial charge in [0.25, 0.3) is 0 Å². The molecule has 0 unspecified atom stereocenters. The van der Waals surface area contributed by atoms with Gasteiger partial charge in [0, 0.05) is 17.5 Å². The van der Waals surface area contributed by atoms with Gasteiger partial charge in [-0.2, -0.15) is 0 Å². The van der Waals surface area contributed by atoms with Crippen LogP contribution in [0, 0.1) is 5.82 Å². The van der Waals surface area contributed by atoms with E-state index in [0.717, 1.165) is 17.8 Å². The highest BCUT2D eigenvalue weighted by molar-refractivity contribution is 7.98. The summed E-state index contributed by atoms with van der Waals surface area (Å²) in [4.78, 5) is 26.1. The number of nitrogens with zero attached hydrogens (tertiary/aromatic N) is 1. The number of nitrogens with two attached hydrogens (primary N) is 1. The molecule has 2 aromatic rings. The molecule has 1 aromatic carbocycles. The Hall–Kier alpha value is -2.41. The molecule has 0 aliphatic heterocycles. The highest BCUT2D eigenvalue weighted by Gasteiger charge is 2.13. The lowest BCUT2D eigenvalue weighted by atomic mass is 10.1. The zero-order valence-corrected chi connectivity index (χ0v) is 11.6. The van der Waals surface area contributed by atoms with Gasteiger partial charge in [0.15, 0.2) is 0 Å². The van der Waals surface area contributed by atoms with Crippen LogP contribution in [0.15, 0.2) is 41.6 Å². The van der Waals surface area contributed by atoms with Crippen molar-refractivity contribution < 1.29 is 19.1 Å². The lowest BCUT2D eigenvalue weighted by molar-refractivity contribution is 0.0692. The zero-order valence-electron chi connectivity index (χ0n) is 10.7. The summed E-state index contributed by atoms with van der Waals surface area (Å²) >= 11 is 1.08. The Morgan fingerprint density at radius 1 is 1.33 bits per heavy atom. The number of aromatic carboxylic acids is 1. The smallest absolute Gasteiger partial charge is 0.338 e. The van der Waals surface area contributed by atoms with Crippen LogP contribution in [0.5, 0.6) is 0 Å². The Morgan fingerprint density at radius 2 is 2.10 bits per heavy atom. The summed E-state index contributed by atoms with van der Waals surface area (Å²) in [6.45, 7) is 0. The molecule has 2 rings (SSSR count). The molecule has 5 nitrogen and oxygen atoms in total. The maximum absolute atomic E-state index is 13.7. The van der Waals surface area contributed by atoms with Crippen LogP contribution in [0.25, 0.3) is 0 Å². The van der Waals surface area contributed by atoms with E-state index in [1.807, 2.05) is 0 Å². The van der Waals surface area contributed by atoms with E-state index in [9.17, 15) is 14.0 Å². The molecule has 0 saturated heterocycles. The van der Waals surface area contributed by atoms with E-state index >= 15 is 0 Å². The maximum atomic E-state index is 13.7. The number of carbonyl (C=O) groups excluding carboxylic acids is 1. The van der Waals surface area contributed by atoms with Crippen molar-refractivity contribution in [1.82, 2.24) is 4.98 Å². The highest BCUT2D eigenvalue weighted by Crippen LogP contribution is 2.25. The average Bonchev–Trinajstić information content (AvgIpc) is 2.46. The molecular weight excluding hydrogens is 295 g/mol. The minimum atomic E-state index is -1.10. The van der Waals surface area contributed by atoms with E-state index in [1.54, 1.807) is 0 Å². The van der Waals surface area contributed by atoms with Crippen LogP contribution in [0.1, 0.15) is 26.3 Å². The zero-order chi connectivity index (χ0) is 15.4. The SMILES string of the molecule is NC(=O)c1ccc(F)c(CSc2ncccc2C(=O)O)c1. The Morgan fingerprint density at radius 3 is 2.76 bits per heavy atom. The molecule has 108 valence electrons. The van der Waals surface area contributed by atoms with Crippen LogP contribution in [0.3, 0.4) is 0 Å². The number of rotatable bonds is 5. The predicted molar refractivity (Wildman–Crippen MR) is 75.7 cm³/mol. The molecule has 0 radical (unpaired) electrons. The normalized spacial score (nSPS) is 10.3. The third-order valence-corrected chi connectivity index (χ3v) is 3.75. The molecule has 0 atom stereocenters. The van der Waals surface area contributed by atoms with E-state index in [2.05, 4.69) is 4.98 Å². The maximum Gasteiger partial charge on any atom is 0.338 e. The first-order valence-corrected chi connectivity index (χ1v) is 6.87.